The molecule has 38 heavy (non-hydrogen) atoms. The highest BCUT2D eigenvalue weighted by molar-refractivity contribution is 5.94. The zero-order valence-electron chi connectivity index (χ0n) is 24.8. The van der Waals surface area contributed by atoms with E-state index in [0.29, 0.717) is 28.9 Å². The third kappa shape index (κ3) is 4.41. The monoisotopic (exact) mass is 522 g/mol. The number of carbonyl (C=O) groups excluding carboxylic acids is 2. The van der Waals surface area contributed by atoms with Crippen molar-refractivity contribution in [1.82, 2.24) is 9.80 Å². The molecule has 5 rings (SSSR count). The molecule has 0 aromatic heterocycles. The van der Waals surface area contributed by atoms with Crippen molar-refractivity contribution >= 4 is 11.9 Å². The van der Waals surface area contributed by atoms with Gasteiger partial charge >= 0.3 is 5.97 Å². The molecule has 0 heterocycles. The number of amides is 1. The number of benzene rings is 1. The van der Waals surface area contributed by atoms with Crippen molar-refractivity contribution < 1.29 is 14.3 Å². The topological polar surface area (TPSA) is 49.9 Å². The summed E-state index contributed by atoms with van der Waals surface area (Å²) in [6, 6.07) is 10.1. The lowest BCUT2D eigenvalue weighted by Gasteiger charge is -2.63. The van der Waals surface area contributed by atoms with Gasteiger partial charge in [-0.1, -0.05) is 32.0 Å². The Kier molecular flexibility index (Phi) is 7.47. The van der Waals surface area contributed by atoms with E-state index in [1.54, 1.807) is 0 Å². The highest BCUT2D eigenvalue weighted by Crippen LogP contribution is 2.68. The van der Waals surface area contributed by atoms with Gasteiger partial charge < -0.3 is 14.5 Å². The molecule has 0 N–H and O–H groups in total. The Morgan fingerprint density at radius 3 is 2.16 bits per heavy atom. The van der Waals surface area contributed by atoms with Gasteiger partial charge in [0.1, 0.15) is 6.10 Å². The Morgan fingerprint density at radius 1 is 0.868 bits per heavy atom. The number of esters is 1. The van der Waals surface area contributed by atoms with Crippen molar-refractivity contribution in [3.05, 3.63) is 35.9 Å². The van der Waals surface area contributed by atoms with Crippen LogP contribution in [0.25, 0.3) is 0 Å². The average Bonchev–Trinajstić information content (AvgIpc) is 3.24. The lowest BCUT2D eigenvalue weighted by molar-refractivity contribution is -0.185. The van der Waals surface area contributed by atoms with Crippen LogP contribution < -0.4 is 0 Å². The molecule has 4 aliphatic carbocycles. The molecule has 5 heteroatoms. The van der Waals surface area contributed by atoms with Gasteiger partial charge in [-0.3, -0.25) is 9.59 Å². The molecule has 0 bridgehead atoms. The Morgan fingerprint density at radius 2 is 1.50 bits per heavy atom. The number of hydrogen-bond donors (Lipinski definition) is 0. The molecule has 4 fully saturated rings. The molecule has 0 saturated heterocycles. The number of fused-ring (bicyclic) bond motifs is 5. The maximum absolute atomic E-state index is 13.4. The molecule has 210 valence electrons. The number of likely N-dealkylation sites (N-methyl/N-ethyl adjacent to an activating group) is 1. The van der Waals surface area contributed by atoms with E-state index >= 15 is 0 Å². The van der Waals surface area contributed by atoms with Gasteiger partial charge in [0.15, 0.2) is 0 Å². The second-order valence-corrected chi connectivity index (χ2v) is 14.0. The Bertz CT molecular complexity index is 1030. The Labute approximate surface area is 230 Å². The Hall–Kier alpha value is -1.88. The first kappa shape index (κ1) is 27.7. The largest absolute Gasteiger partial charge is 0.460 e. The van der Waals surface area contributed by atoms with Gasteiger partial charge in [-0.2, -0.15) is 0 Å². The minimum Gasteiger partial charge on any atom is -0.460 e. The van der Waals surface area contributed by atoms with Crippen LogP contribution in [0.3, 0.4) is 0 Å². The molecular formula is C33H50N2O3. The van der Waals surface area contributed by atoms with Gasteiger partial charge in [-0.15, -0.1) is 0 Å². The van der Waals surface area contributed by atoms with Crippen molar-refractivity contribution in [2.75, 3.05) is 21.1 Å². The molecule has 10 atom stereocenters. The van der Waals surface area contributed by atoms with Crippen molar-refractivity contribution in [1.29, 1.82) is 0 Å². The molecule has 4 aliphatic rings. The third-order valence-electron chi connectivity index (χ3n) is 12.3. The van der Waals surface area contributed by atoms with E-state index in [1.165, 1.54) is 39.0 Å². The fourth-order valence-electron chi connectivity index (χ4n) is 10.2. The molecule has 0 spiro atoms. The summed E-state index contributed by atoms with van der Waals surface area (Å²) in [5.74, 6) is 3.13. The van der Waals surface area contributed by atoms with E-state index in [1.807, 2.05) is 42.3 Å². The zero-order valence-corrected chi connectivity index (χ0v) is 24.8. The molecule has 1 amide bonds. The SMILES string of the molecule is CC(=O)O[C@H]1[C@H](N(C)C(=O)c2ccccc2)CC[C@@]2(C)[C@H]3CC[C@@]4(C)[C@@H]([C@@H](C)N(C)C)CC[C@H]4C3CC[C@@H]12. The van der Waals surface area contributed by atoms with Gasteiger partial charge in [0, 0.05) is 31.5 Å². The van der Waals surface area contributed by atoms with Gasteiger partial charge in [-0.25, -0.2) is 0 Å². The fourth-order valence-corrected chi connectivity index (χ4v) is 10.2. The predicted molar refractivity (Wildman–Crippen MR) is 152 cm³/mol. The first-order valence-electron chi connectivity index (χ1n) is 15.1. The number of rotatable bonds is 5. The maximum Gasteiger partial charge on any atom is 0.302 e. The van der Waals surface area contributed by atoms with Crippen molar-refractivity contribution in [3.8, 4) is 0 Å². The van der Waals surface area contributed by atoms with E-state index in [0.717, 1.165) is 37.0 Å². The van der Waals surface area contributed by atoms with Crippen LogP contribution in [0.1, 0.15) is 89.4 Å². The summed E-state index contributed by atoms with van der Waals surface area (Å²) in [6.07, 6.45) is 9.42. The number of ether oxygens (including phenoxy) is 1. The summed E-state index contributed by atoms with van der Waals surface area (Å²) in [6.45, 7) is 9.09. The molecule has 1 aromatic carbocycles. The molecule has 5 nitrogen and oxygen atoms in total. The second kappa shape index (κ2) is 10.3. The third-order valence-corrected chi connectivity index (χ3v) is 12.3. The van der Waals surface area contributed by atoms with Gasteiger partial charge in [0.05, 0.1) is 6.04 Å². The number of hydrogen-bond acceptors (Lipinski definition) is 4. The molecule has 1 unspecified atom stereocenters. The zero-order chi connectivity index (χ0) is 27.4. The minimum atomic E-state index is -0.233. The Balaban J connectivity index is 1.40. The van der Waals surface area contributed by atoms with Gasteiger partial charge in [-0.05, 0) is 119 Å². The lowest BCUT2D eigenvalue weighted by atomic mass is 9.44. The first-order chi connectivity index (χ1) is 18.0. The van der Waals surface area contributed by atoms with Crippen molar-refractivity contribution in [2.24, 2.45) is 40.4 Å². The minimum absolute atomic E-state index is 0.0190. The number of nitrogens with zero attached hydrogens (tertiary/aromatic N) is 2. The van der Waals surface area contributed by atoms with E-state index in [2.05, 4.69) is 39.8 Å². The van der Waals surface area contributed by atoms with E-state index in [-0.39, 0.29) is 29.4 Å². The highest BCUT2D eigenvalue weighted by atomic mass is 16.5. The normalized spacial score (nSPS) is 41.0. The summed E-state index contributed by atoms with van der Waals surface area (Å²) >= 11 is 0. The summed E-state index contributed by atoms with van der Waals surface area (Å²) in [7, 11) is 6.39. The summed E-state index contributed by atoms with van der Waals surface area (Å²) < 4.78 is 6.17. The van der Waals surface area contributed by atoms with Crippen LogP contribution in [-0.2, 0) is 9.53 Å². The van der Waals surface area contributed by atoms with Crippen LogP contribution in [0.2, 0.25) is 0 Å². The molecule has 1 aromatic rings. The van der Waals surface area contributed by atoms with Crippen molar-refractivity contribution in [2.45, 2.75) is 97.2 Å². The molecule has 0 aliphatic heterocycles. The van der Waals surface area contributed by atoms with Crippen LogP contribution in [-0.4, -0.2) is 61.0 Å². The summed E-state index contributed by atoms with van der Waals surface area (Å²) in [5, 5.41) is 0. The van der Waals surface area contributed by atoms with Crippen molar-refractivity contribution in [3.63, 3.8) is 0 Å². The van der Waals surface area contributed by atoms with Gasteiger partial charge in [0.2, 0.25) is 0 Å². The van der Waals surface area contributed by atoms with Crippen LogP contribution in [0.5, 0.6) is 0 Å². The fraction of sp³-hybridized carbons (Fsp3) is 0.758. The van der Waals surface area contributed by atoms with E-state index in [4.69, 9.17) is 4.74 Å². The molecular weight excluding hydrogens is 472 g/mol. The second-order valence-electron chi connectivity index (χ2n) is 14.0. The van der Waals surface area contributed by atoms with Crippen LogP contribution >= 0.6 is 0 Å². The van der Waals surface area contributed by atoms with E-state index < -0.39 is 0 Å². The first-order valence-corrected chi connectivity index (χ1v) is 15.1. The lowest BCUT2D eigenvalue weighted by Crippen LogP contribution is -2.62. The maximum atomic E-state index is 13.4. The summed E-state index contributed by atoms with van der Waals surface area (Å²) in [5.41, 5.74) is 1.29. The smallest absolute Gasteiger partial charge is 0.302 e. The molecule has 4 saturated carbocycles. The predicted octanol–water partition coefficient (Wildman–Crippen LogP) is 6.28. The van der Waals surface area contributed by atoms with Gasteiger partial charge in [0.25, 0.3) is 5.91 Å². The van der Waals surface area contributed by atoms with Crippen LogP contribution in [0, 0.1) is 40.4 Å². The molecule has 0 radical (unpaired) electrons. The highest BCUT2D eigenvalue weighted by Gasteiger charge is 2.63. The van der Waals surface area contributed by atoms with Crippen LogP contribution in [0.15, 0.2) is 30.3 Å². The van der Waals surface area contributed by atoms with Crippen LogP contribution in [0.4, 0.5) is 0 Å². The van der Waals surface area contributed by atoms with E-state index in [9.17, 15) is 9.59 Å². The average molecular weight is 523 g/mol. The quantitative estimate of drug-likeness (QED) is 0.427. The summed E-state index contributed by atoms with van der Waals surface area (Å²) in [4.78, 5) is 30.1. The standard InChI is InChI=1S/C33H50N2O3/c1-21(34(5)6)25-15-16-26-24-13-14-28-30(38-22(2)36)29(35(7)31(37)23-11-9-8-10-12-23)18-20-33(28,4)27(24)17-19-32(25,26)3/h8-12,21,24-30H,13-20H2,1-7H3/t21-,24?,25-,26+,27+,28+,29-,30-,32+,33+/m1/s1. The number of carbonyl (C=O) groups is 2.